The largest absolute Gasteiger partial charge is 0.416 e. The molecule has 31 heavy (non-hydrogen) atoms. The molecule has 1 aliphatic rings. The number of urea groups is 1. The fourth-order valence-electron chi connectivity index (χ4n) is 3.61. The second kappa shape index (κ2) is 7.98. The maximum absolute atomic E-state index is 13.5. The summed E-state index contributed by atoms with van der Waals surface area (Å²) < 4.78 is 65.6. The Balaban J connectivity index is 1.69. The Bertz CT molecular complexity index is 1110. The van der Waals surface area contributed by atoms with Gasteiger partial charge in [0.05, 0.1) is 11.3 Å². The number of carbonyl (C=O) groups is 1. The smallest absolute Gasteiger partial charge is 0.311 e. The van der Waals surface area contributed by atoms with Crippen molar-refractivity contribution in [3.05, 3.63) is 94.8 Å². The number of alkyl halides is 3. The number of aromatic nitrogens is 1. The van der Waals surface area contributed by atoms with Crippen molar-refractivity contribution >= 4 is 11.7 Å². The van der Waals surface area contributed by atoms with E-state index in [9.17, 15) is 26.7 Å². The van der Waals surface area contributed by atoms with Gasteiger partial charge in [-0.25, -0.2) is 13.6 Å². The molecule has 0 saturated carbocycles. The van der Waals surface area contributed by atoms with Crippen molar-refractivity contribution in [1.82, 2.24) is 9.88 Å². The van der Waals surface area contributed by atoms with E-state index in [0.29, 0.717) is 17.7 Å². The Labute approximate surface area is 174 Å². The highest BCUT2D eigenvalue weighted by molar-refractivity contribution is 5.90. The molecule has 4 rings (SSSR count). The van der Waals surface area contributed by atoms with Crippen molar-refractivity contribution in [2.75, 3.05) is 11.9 Å². The molecule has 0 fully saturated rings. The summed E-state index contributed by atoms with van der Waals surface area (Å²) in [5, 5.41) is 2.52. The summed E-state index contributed by atoms with van der Waals surface area (Å²) in [5.74, 6) is -2.15. The summed E-state index contributed by atoms with van der Waals surface area (Å²) in [6, 6.07) is 9.77. The predicted octanol–water partition coefficient (Wildman–Crippen LogP) is 5.56. The molecule has 1 N–H and O–H groups in total. The second-order valence-electron chi connectivity index (χ2n) is 7.07. The topological polar surface area (TPSA) is 45.2 Å². The van der Waals surface area contributed by atoms with Crippen molar-refractivity contribution in [2.45, 2.75) is 18.6 Å². The van der Waals surface area contributed by atoms with Crippen LogP contribution in [0.15, 0.2) is 60.8 Å². The Morgan fingerprint density at radius 1 is 1.03 bits per heavy atom. The number of benzene rings is 2. The SMILES string of the molecule is O=C(Nc1ccc(F)c(F)c1)N1CCc2cccnc2C1c1ccc(C(F)(F)F)cc1. The van der Waals surface area contributed by atoms with Crippen molar-refractivity contribution < 1.29 is 26.7 Å². The fourth-order valence-corrected chi connectivity index (χ4v) is 3.61. The minimum Gasteiger partial charge on any atom is -0.311 e. The Morgan fingerprint density at radius 3 is 2.45 bits per heavy atom. The zero-order chi connectivity index (χ0) is 22.2. The predicted molar refractivity (Wildman–Crippen MR) is 103 cm³/mol. The van der Waals surface area contributed by atoms with Gasteiger partial charge >= 0.3 is 12.2 Å². The Morgan fingerprint density at radius 2 is 1.77 bits per heavy atom. The third kappa shape index (κ3) is 4.21. The summed E-state index contributed by atoms with van der Waals surface area (Å²) in [4.78, 5) is 18.8. The lowest BCUT2D eigenvalue weighted by Crippen LogP contribution is -2.43. The van der Waals surface area contributed by atoms with Gasteiger partial charge in [0.25, 0.3) is 0 Å². The van der Waals surface area contributed by atoms with E-state index in [2.05, 4.69) is 10.3 Å². The van der Waals surface area contributed by atoms with Crippen LogP contribution < -0.4 is 5.32 Å². The average molecular weight is 433 g/mol. The highest BCUT2D eigenvalue weighted by atomic mass is 19.4. The van der Waals surface area contributed by atoms with Crippen molar-refractivity contribution in [2.24, 2.45) is 0 Å². The number of halogens is 5. The quantitative estimate of drug-likeness (QED) is 0.538. The van der Waals surface area contributed by atoms with Crippen LogP contribution in [0.1, 0.15) is 28.4 Å². The number of nitrogens with one attached hydrogen (secondary N) is 1. The molecule has 0 aliphatic carbocycles. The monoisotopic (exact) mass is 433 g/mol. The average Bonchev–Trinajstić information content (AvgIpc) is 2.75. The minimum atomic E-state index is -4.48. The third-order valence-corrected chi connectivity index (χ3v) is 5.10. The number of carbonyl (C=O) groups excluding carboxylic acids is 1. The Kier molecular flexibility index (Phi) is 5.34. The van der Waals surface area contributed by atoms with E-state index < -0.39 is 35.4 Å². The summed E-state index contributed by atoms with van der Waals surface area (Å²) in [5.41, 5.74) is 1.14. The van der Waals surface area contributed by atoms with Crippen LogP contribution >= 0.6 is 0 Å². The third-order valence-electron chi connectivity index (χ3n) is 5.10. The molecule has 0 spiro atoms. The molecule has 0 bridgehead atoms. The fraction of sp³-hybridized carbons (Fsp3) is 0.182. The van der Waals surface area contributed by atoms with E-state index in [4.69, 9.17) is 0 Å². The normalized spacial score (nSPS) is 16.0. The van der Waals surface area contributed by atoms with Gasteiger partial charge in [0.2, 0.25) is 0 Å². The number of fused-ring (bicyclic) bond motifs is 1. The van der Waals surface area contributed by atoms with Gasteiger partial charge in [-0.1, -0.05) is 18.2 Å². The molecular weight excluding hydrogens is 417 g/mol. The number of anilines is 1. The number of nitrogens with zero attached hydrogens (tertiary/aromatic N) is 2. The van der Waals surface area contributed by atoms with Crippen LogP contribution in [0.2, 0.25) is 0 Å². The zero-order valence-electron chi connectivity index (χ0n) is 16.0. The van der Waals surface area contributed by atoms with Crippen LogP contribution in [0.25, 0.3) is 0 Å². The van der Waals surface area contributed by atoms with E-state index in [-0.39, 0.29) is 12.2 Å². The molecule has 2 amide bonds. The molecule has 2 heterocycles. The summed E-state index contributed by atoms with van der Waals surface area (Å²) in [7, 11) is 0. The number of rotatable bonds is 2. The number of hydrogen-bond acceptors (Lipinski definition) is 2. The van der Waals surface area contributed by atoms with Crippen LogP contribution in [-0.2, 0) is 12.6 Å². The zero-order valence-corrected chi connectivity index (χ0v) is 16.0. The van der Waals surface area contributed by atoms with Gasteiger partial charge < -0.3 is 10.2 Å². The van der Waals surface area contributed by atoms with Crippen molar-refractivity contribution in [1.29, 1.82) is 0 Å². The molecule has 3 aromatic rings. The van der Waals surface area contributed by atoms with E-state index in [1.165, 1.54) is 23.1 Å². The molecule has 1 aliphatic heterocycles. The summed E-state index contributed by atoms with van der Waals surface area (Å²) >= 11 is 0. The molecule has 160 valence electrons. The summed E-state index contributed by atoms with van der Waals surface area (Å²) in [6.07, 6.45) is -2.44. The van der Waals surface area contributed by atoms with Gasteiger partial charge in [-0.05, 0) is 47.9 Å². The van der Waals surface area contributed by atoms with E-state index in [0.717, 1.165) is 29.8 Å². The molecule has 4 nitrogen and oxygen atoms in total. The summed E-state index contributed by atoms with van der Waals surface area (Å²) in [6.45, 7) is 0.264. The lowest BCUT2D eigenvalue weighted by Gasteiger charge is -2.36. The van der Waals surface area contributed by atoms with Crippen LogP contribution in [0.3, 0.4) is 0 Å². The van der Waals surface area contributed by atoms with Crippen molar-refractivity contribution in [3.63, 3.8) is 0 Å². The Hall–Kier alpha value is -3.49. The van der Waals surface area contributed by atoms with Gasteiger partial charge in [0.1, 0.15) is 6.04 Å². The van der Waals surface area contributed by atoms with Crippen LogP contribution in [0, 0.1) is 11.6 Å². The lowest BCUT2D eigenvalue weighted by molar-refractivity contribution is -0.137. The van der Waals surface area contributed by atoms with Gasteiger partial charge in [0, 0.05) is 24.5 Å². The molecule has 2 aromatic carbocycles. The van der Waals surface area contributed by atoms with Crippen LogP contribution in [0.4, 0.5) is 32.4 Å². The first-order valence-electron chi connectivity index (χ1n) is 9.37. The maximum Gasteiger partial charge on any atom is 0.416 e. The molecule has 0 saturated heterocycles. The highest BCUT2D eigenvalue weighted by Gasteiger charge is 2.35. The number of amides is 2. The van der Waals surface area contributed by atoms with Crippen LogP contribution in [0.5, 0.6) is 0 Å². The van der Waals surface area contributed by atoms with Crippen molar-refractivity contribution in [3.8, 4) is 0 Å². The molecule has 1 aromatic heterocycles. The maximum atomic E-state index is 13.5. The minimum absolute atomic E-state index is 0.0573. The highest BCUT2D eigenvalue weighted by Crippen LogP contribution is 2.36. The first-order chi connectivity index (χ1) is 14.7. The first-order valence-corrected chi connectivity index (χ1v) is 9.37. The standard InChI is InChI=1S/C22H16F5N3O/c23-17-8-7-16(12-18(17)24)29-21(31)30-11-9-13-2-1-10-28-19(13)20(30)14-3-5-15(6-4-14)22(25,26)27/h1-8,10,12,20H,9,11H2,(H,29,31). The van der Waals surface area contributed by atoms with Gasteiger partial charge in [-0.15, -0.1) is 0 Å². The van der Waals surface area contributed by atoms with Gasteiger partial charge in [-0.3, -0.25) is 4.98 Å². The van der Waals surface area contributed by atoms with Gasteiger partial charge in [0.15, 0.2) is 11.6 Å². The van der Waals surface area contributed by atoms with E-state index in [1.807, 2.05) is 6.07 Å². The van der Waals surface area contributed by atoms with Gasteiger partial charge in [-0.2, -0.15) is 13.2 Å². The lowest BCUT2D eigenvalue weighted by atomic mass is 9.92. The van der Waals surface area contributed by atoms with E-state index >= 15 is 0 Å². The molecule has 1 unspecified atom stereocenters. The molecular formula is C22H16F5N3O. The molecule has 0 radical (unpaired) electrons. The second-order valence-corrected chi connectivity index (χ2v) is 7.07. The number of pyridine rings is 1. The van der Waals surface area contributed by atoms with Crippen LogP contribution in [-0.4, -0.2) is 22.5 Å². The first kappa shape index (κ1) is 20.8. The molecule has 9 heteroatoms. The molecule has 1 atom stereocenters. The number of hydrogen-bond donors (Lipinski definition) is 1. The van der Waals surface area contributed by atoms with E-state index in [1.54, 1.807) is 12.3 Å².